The van der Waals surface area contributed by atoms with E-state index < -0.39 is 10.8 Å². The van der Waals surface area contributed by atoms with Gasteiger partial charge in [0.1, 0.15) is 0 Å². The van der Waals surface area contributed by atoms with E-state index in [1.807, 2.05) is 0 Å². The fourth-order valence-corrected chi connectivity index (χ4v) is 3.10. The Morgan fingerprint density at radius 2 is 1.92 bits per heavy atom. The standard InChI is InChI=1S/C10H20OS/c1-9(2)3-4-10-5-7-12(11)8-6-10/h9-10H,3-8H2,1-2H3. The van der Waals surface area contributed by atoms with Crippen molar-refractivity contribution in [2.75, 3.05) is 11.5 Å². The second-order valence-corrected chi connectivity index (χ2v) is 5.96. The van der Waals surface area contributed by atoms with Gasteiger partial charge in [0.05, 0.1) is 0 Å². The molecule has 1 nitrogen and oxygen atoms in total. The summed E-state index contributed by atoms with van der Waals surface area (Å²) in [6.45, 7) is 4.56. The molecule has 0 spiro atoms. The van der Waals surface area contributed by atoms with Crippen molar-refractivity contribution in [2.45, 2.75) is 39.5 Å². The smallest absolute Gasteiger partial charge is 0.0237 e. The first kappa shape index (κ1) is 10.2. The molecule has 0 aromatic carbocycles. The van der Waals surface area contributed by atoms with E-state index in [0.717, 1.165) is 23.3 Å². The van der Waals surface area contributed by atoms with Gasteiger partial charge in [-0.25, -0.2) is 0 Å². The fraction of sp³-hybridized carbons (Fsp3) is 1.00. The molecule has 0 radical (unpaired) electrons. The van der Waals surface area contributed by atoms with Gasteiger partial charge in [0, 0.05) is 22.3 Å². The minimum Gasteiger partial charge on any atom is -0.260 e. The minimum absolute atomic E-state index is 0.475. The lowest BCUT2D eigenvalue weighted by atomic mass is 9.93. The van der Waals surface area contributed by atoms with Crippen LogP contribution >= 0.6 is 0 Å². The van der Waals surface area contributed by atoms with Crippen LogP contribution in [0.3, 0.4) is 0 Å². The monoisotopic (exact) mass is 188 g/mol. The van der Waals surface area contributed by atoms with Crippen LogP contribution < -0.4 is 0 Å². The molecule has 0 atom stereocenters. The lowest BCUT2D eigenvalue weighted by Gasteiger charge is -2.21. The average Bonchev–Trinajstić information content (AvgIpc) is 2.03. The van der Waals surface area contributed by atoms with Crippen molar-refractivity contribution in [3.05, 3.63) is 0 Å². The molecule has 1 aliphatic rings. The van der Waals surface area contributed by atoms with E-state index in [2.05, 4.69) is 13.8 Å². The molecule has 1 rings (SSSR count). The number of hydrogen-bond acceptors (Lipinski definition) is 1. The van der Waals surface area contributed by atoms with E-state index in [-0.39, 0.29) is 0 Å². The van der Waals surface area contributed by atoms with Crippen LogP contribution in [0.25, 0.3) is 0 Å². The molecule has 1 fully saturated rings. The van der Waals surface area contributed by atoms with Gasteiger partial charge >= 0.3 is 0 Å². The van der Waals surface area contributed by atoms with Gasteiger partial charge in [-0.3, -0.25) is 4.21 Å². The van der Waals surface area contributed by atoms with Crippen molar-refractivity contribution in [3.63, 3.8) is 0 Å². The molecule has 0 N–H and O–H groups in total. The molecule has 0 aromatic heterocycles. The molecule has 12 heavy (non-hydrogen) atoms. The van der Waals surface area contributed by atoms with Gasteiger partial charge in [-0.05, 0) is 24.7 Å². The third-order valence-corrected chi connectivity index (χ3v) is 4.04. The highest BCUT2D eigenvalue weighted by atomic mass is 32.2. The zero-order valence-corrected chi connectivity index (χ0v) is 9.03. The van der Waals surface area contributed by atoms with E-state index in [0.29, 0.717) is 0 Å². The van der Waals surface area contributed by atoms with E-state index in [4.69, 9.17) is 0 Å². The SMILES string of the molecule is CC(C)CCC1CCS(=O)CC1. The molecule has 2 heteroatoms. The normalized spacial score (nSPS) is 30.9. The van der Waals surface area contributed by atoms with Gasteiger partial charge in [-0.15, -0.1) is 0 Å². The Morgan fingerprint density at radius 1 is 1.33 bits per heavy atom. The number of rotatable bonds is 3. The van der Waals surface area contributed by atoms with Crippen molar-refractivity contribution in [1.29, 1.82) is 0 Å². The molecule has 0 unspecified atom stereocenters. The van der Waals surface area contributed by atoms with Crippen LogP contribution in [0.1, 0.15) is 39.5 Å². The fourth-order valence-electron chi connectivity index (χ4n) is 1.70. The molecule has 0 bridgehead atoms. The summed E-state index contributed by atoms with van der Waals surface area (Å²) in [5, 5.41) is 0. The summed E-state index contributed by atoms with van der Waals surface area (Å²) in [6.07, 6.45) is 5.12. The van der Waals surface area contributed by atoms with Crippen molar-refractivity contribution < 1.29 is 4.21 Å². The summed E-state index contributed by atoms with van der Waals surface area (Å²) < 4.78 is 11.1. The molecule has 1 aliphatic heterocycles. The van der Waals surface area contributed by atoms with Crippen LogP contribution in [0, 0.1) is 11.8 Å². The van der Waals surface area contributed by atoms with Gasteiger partial charge in [0.25, 0.3) is 0 Å². The topological polar surface area (TPSA) is 17.1 Å². The maximum Gasteiger partial charge on any atom is 0.0237 e. The molecule has 0 aromatic rings. The van der Waals surface area contributed by atoms with Crippen LogP contribution in [-0.4, -0.2) is 15.7 Å². The Kier molecular flexibility index (Phi) is 4.27. The summed E-state index contributed by atoms with van der Waals surface area (Å²) in [5.74, 6) is 3.63. The van der Waals surface area contributed by atoms with Gasteiger partial charge in [0.15, 0.2) is 0 Å². The van der Waals surface area contributed by atoms with Crippen molar-refractivity contribution in [2.24, 2.45) is 11.8 Å². The zero-order valence-electron chi connectivity index (χ0n) is 8.21. The quantitative estimate of drug-likeness (QED) is 0.665. The highest BCUT2D eigenvalue weighted by Crippen LogP contribution is 2.23. The van der Waals surface area contributed by atoms with E-state index in [1.165, 1.54) is 25.7 Å². The average molecular weight is 188 g/mol. The highest BCUT2D eigenvalue weighted by Gasteiger charge is 2.17. The molecule has 1 saturated heterocycles. The van der Waals surface area contributed by atoms with Crippen molar-refractivity contribution in [3.8, 4) is 0 Å². The van der Waals surface area contributed by atoms with Gasteiger partial charge < -0.3 is 0 Å². The van der Waals surface area contributed by atoms with Crippen LogP contribution in [0.4, 0.5) is 0 Å². The maximum absolute atomic E-state index is 11.1. The predicted molar refractivity (Wildman–Crippen MR) is 54.7 cm³/mol. The molecule has 1 heterocycles. The first-order valence-electron chi connectivity index (χ1n) is 5.03. The molecule has 72 valence electrons. The first-order valence-corrected chi connectivity index (χ1v) is 6.52. The summed E-state index contributed by atoms with van der Waals surface area (Å²) in [5.41, 5.74) is 0. The summed E-state index contributed by atoms with van der Waals surface area (Å²) in [4.78, 5) is 0. The van der Waals surface area contributed by atoms with Crippen molar-refractivity contribution in [1.82, 2.24) is 0 Å². The van der Waals surface area contributed by atoms with Gasteiger partial charge in [0.2, 0.25) is 0 Å². The predicted octanol–water partition coefficient (Wildman–Crippen LogP) is 2.58. The van der Waals surface area contributed by atoms with Crippen LogP contribution in [0.2, 0.25) is 0 Å². The Balaban J connectivity index is 2.13. The summed E-state index contributed by atoms with van der Waals surface area (Å²) >= 11 is 0. The second kappa shape index (κ2) is 5.00. The maximum atomic E-state index is 11.1. The second-order valence-electron chi connectivity index (χ2n) is 4.26. The van der Waals surface area contributed by atoms with Crippen LogP contribution in [0.5, 0.6) is 0 Å². The Labute approximate surface area is 78.4 Å². The number of hydrogen-bond donors (Lipinski definition) is 0. The highest BCUT2D eigenvalue weighted by molar-refractivity contribution is 7.85. The summed E-state index contributed by atoms with van der Waals surface area (Å²) in [7, 11) is -0.475. The van der Waals surface area contributed by atoms with Crippen LogP contribution in [-0.2, 0) is 10.8 Å². The molecular weight excluding hydrogens is 168 g/mol. The van der Waals surface area contributed by atoms with Gasteiger partial charge in [-0.1, -0.05) is 26.7 Å². The largest absolute Gasteiger partial charge is 0.260 e. The minimum atomic E-state index is -0.475. The Hall–Kier alpha value is 0.150. The van der Waals surface area contributed by atoms with E-state index >= 15 is 0 Å². The van der Waals surface area contributed by atoms with E-state index in [1.54, 1.807) is 0 Å². The van der Waals surface area contributed by atoms with Crippen LogP contribution in [0.15, 0.2) is 0 Å². The van der Waals surface area contributed by atoms with Gasteiger partial charge in [-0.2, -0.15) is 0 Å². The lowest BCUT2D eigenvalue weighted by molar-refractivity contribution is 0.398. The zero-order chi connectivity index (χ0) is 8.97. The first-order chi connectivity index (χ1) is 5.68. The molecular formula is C10H20OS. The molecule has 0 saturated carbocycles. The molecule has 0 amide bonds. The Morgan fingerprint density at radius 3 is 2.42 bits per heavy atom. The van der Waals surface area contributed by atoms with E-state index in [9.17, 15) is 4.21 Å². The third-order valence-electron chi connectivity index (χ3n) is 2.66. The molecule has 0 aliphatic carbocycles. The Bertz CT molecular complexity index is 144. The summed E-state index contributed by atoms with van der Waals surface area (Å²) in [6, 6.07) is 0. The lowest BCUT2D eigenvalue weighted by Crippen LogP contribution is -2.18. The van der Waals surface area contributed by atoms with Crippen molar-refractivity contribution >= 4 is 10.8 Å². The third kappa shape index (κ3) is 3.70.